The number of carbonyl (C=O) groups excluding carboxylic acids is 1. The van der Waals surface area contributed by atoms with Gasteiger partial charge in [0.2, 0.25) is 0 Å². The van der Waals surface area contributed by atoms with Gasteiger partial charge in [-0.25, -0.2) is 10.1 Å². The van der Waals surface area contributed by atoms with Gasteiger partial charge in [-0.05, 0) is 6.92 Å². The van der Waals surface area contributed by atoms with Crippen LogP contribution in [-0.4, -0.2) is 15.9 Å². The minimum Gasteiger partial charge on any atom is -0.294 e. The maximum atomic E-state index is 11.0. The van der Waals surface area contributed by atoms with E-state index in [-0.39, 0.29) is 5.78 Å². The van der Waals surface area contributed by atoms with E-state index in [1.165, 1.54) is 0 Å². The zero-order chi connectivity index (χ0) is 7.84. The highest BCUT2D eigenvalue weighted by Gasteiger charge is 2.13. The van der Waals surface area contributed by atoms with E-state index in [2.05, 4.69) is 10.1 Å². The Morgan fingerprint density at radius 2 is 2.45 bits per heavy atom. The number of rotatable bonds is 1. The van der Waals surface area contributed by atoms with Gasteiger partial charge in [-0.1, -0.05) is 0 Å². The number of hydrogen-bond donors (Lipinski definition) is 2. The molecule has 0 spiro atoms. The van der Waals surface area contributed by atoms with Crippen molar-refractivity contribution in [3.05, 3.63) is 24.2 Å². The van der Waals surface area contributed by atoms with Gasteiger partial charge in [-0.15, -0.1) is 4.52 Å². The Kier molecular flexibility index (Phi) is 1.09. The summed E-state index contributed by atoms with van der Waals surface area (Å²) < 4.78 is 1.76. The van der Waals surface area contributed by atoms with Gasteiger partial charge in [0.1, 0.15) is 11.8 Å². The summed E-state index contributed by atoms with van der Waals surface area (Å²) in [5.74, 6) is 0.0613. The average Bonchev–Trinajstić information content (AvgIpc) is 2.41. The minimum atomic E-state index is 0.0613. The lowest BCUT2D eigenvalue weighted by Gasteiger charge is -1.78. The molecule has 56 valence electrons. The molecule has 11 heavy (non-hydrogen) atoms. The third-order valence-corrected chi connectivity index (χ3v) is 1.67. The predicted octanol–water partition coefficient (Wildman–Crippen LogP) is 0.284. The molecular weight excluding hydrogens is 142 g/mol. The van der Waals surface area contributed by atoms with Crippen LogP contribution in [0.2, 0.25) is 0 Å². The Labute approximate surface area is 62.8 Å². The van der Waals surface area contributed by atoms with Gasteiger partial charge in [-0.2, -0.15) is 0 Å². The quantitative estimate of drug-likeness (QED) is 0.445. The Morgan fingerprint density at radius 3 is 3.18 bits per heavy atom. The SMILES string of the molecule is CC(=O)c1c[nH][n+]2cc[nH]c12. The van der Waals surface area contributed by atoms with Crippen LogP contribution in [0, 0.1) is 0 Å². The van der Waals surface area contributed by atoms with E-state index in [0.29, 0.717) is 5.56 Å². The van der Waals surface area contributed by atoms with Crippen molar-refractivity contribution in [1.29, 1.82) is 0 Å². The first-order valence-electron chi connectivity index (χ1n) is 3.36. The van der Waals surface area contributed by atoms with Crippen molar-refractivity contribution in [3.8, 4) is 0 Å². The highest BCUT2D eigenvalue weighted by atomic mass is 16.1. The van der Waals surface area contributed by atoms with Crippen LogP contribution in [0.1, 0.15) is 17.3 Å². The maximum Gasteiger partial charge on any atom is 0.315 e. The van der Waals surface area contributed by atoms with E-state index in [1.807, 2.05) is 6.20 Å². The first-order chi connectivity index (χ1) is 5.29. The van der Waals surface area contributed by atoms with Crippen LogP contribution < -0.4 is 4.52 Å². The molecule has 0 amide bonds. The fourth-order valence-corrected chi connectivity index (χ4v) is 1.12. The van der Waals surface area contributed by atoms with Crippen molar-refractivity contribution < 1.29 is 9.31 Å². The van der Waals surface area contributed by atoms with Gasteiger partial charge in [-0.3, -0.25) is 4.79 Å². The topological polar surface area (TPSA) is 52.8 Å². The number of nitrogens with zero attached hydrogens (tertiary/aromatic N) is 1. The monoisotopic (exact) mass is 150 g/mol. The third-order valence-electron chi connectivity index (χ3n) is 1.67. The molecule has 0 bridgehead atoms. The number of Topliss-reactive ketones (excluding diaryl/α,β-unsaturated/α-hetero) is 1. The first kappa shape index (κ1) is 6.15. The van der Waals surface area contributed by atoms with Crippen LogP contribution in [-0.2, 0) is 0 Å². The summed E-state index contributed by atoms with van der Waals surface area (Å²) in [5.41, 5.74) is 1.51. The molecule has 0 saturated heterocycles. The van der Waals surface area contributed by atoms with Crippen molar-refractivity contribution in [2.45, 2.75) is 6.92 Å². The number of carbonyl (C=O) groups is 1. The molecule has 0 atom stereocenters. The Balaban J connectivity index is 2.78. The Morgan fingerprint density at radius 1 is 1.64 bits per heavy atom. The fourth-order valence-electron chi connectivity index (χ4n) is 1.12. The highest BCUT2D eigenvalue weighted by molar-refractivity contribution is 5.98. The van der Waals surface area contributed by atoms with Crippen LogP contribution in [0.4, 0.5) is 0 Å². The molecule has 2 N–H and O–H groups in total. The lowest BCUT2D eigenvalue weighted by Crippen LogP contribution is -2.18. The van der Waals surface area contributed by atoms with Crippen molar-refractivity contribution in [1.82, 2.24) is 10.1 Å². The molecule has 4 nitrogen and oxygen atoms in total. The average molecular weight is 150 g/mol. The standard InChI is InChI=1S/C7H7N3O/c1-5(11)6-4-9-10-3-2-8-7(6)10/h2-4H,1H3,(H,8,9,11)/p+1. The molecule has 0 saturated carbocycles. The Hall–Kier alpha value is -1.58. The summed E-state index contributed by atoms with van der Waals surface area (Å²) in [5, 5.41) is 2.91. The molecule has 0 fully saturated rings. The molecule has 2 rings (SSSR count). The lowest BCUT2D eigenvalue weighted by atomic mass is 10.2. The zero-order valence-electron chi connectivity index (χ0n) is 6.09. The van der Waals surface area contributed by atoms with Gasteiger partial charge in [0, 0.05) is 0 Å². The minimum absolute atomic E-state index is 0.0613. The second-order valence-electron chi connectivity index (χ2n) is 2.42. The predicted molar refractivity (Wildman–Crippen MR) is 38.3 cm³/mol. The van der Waals surface area contributed by atoms with Crippen LogP contribution in [0.5, 0.6) is 0 Å². The van der Waals surface area contributed by atoms with Gasteiger partial charge in [0.15, 0.2) is 12.0 Å². The van der Waals surface area contributed by atoms with Crippen molar-refractivity contribution >= 4 is 11.4 Å². The number of hydrogen-bond acceptors (Lipinski definition) is 1. The molecule has 0 aliphatic carbocycles. The normalized spacial score (nSPS) is 10.6. The zero-order valence-corrected chi connectivity index (χ0v) is 6.09. The smallest absolute Gasteiger partial charge is 0.294 e. The van der Waals surface area contributed by atoms with E-state index < -0.39 is 0 Å². The lowest BCUT2D eigenvalue weighted by molar-refractivity contribution is -0.574. The van der Waals surface area contributed by atoms with E-state index in [9.17, 15) is 4.79 Å². The molecule has 0 unspecified atom stereocenters. The highest BCUT2D eigenvalue weighted by Crippen LogP contribution is 2.01. The van der Waals surface area contributed by atoms with Gasteiger partial charge in [0.05, 0.1) is 6.20 Å². The van der Waals surface area contributed by atoms with Gasteiger partial charge < -0.3 is 0 Å². The van der Waals surface area contributed by atoms with E-state index in [4.69, 9.17) is 0 Å². The second kappa shape index (κ2) is 1.95. The molecular formula is C7H8N3O+. The largest absolute Gasteiger partial charge is 0.315 e. The summed E-state index contributed by atoms with van der Waals surface area (Å²) in [6, 6.07) is 0. The summed E-state index contributed by atoms with van der Waals surface area (Å²) in [4.78, 5) is 13.9. The molecule has 2 heterocycles. The third kappa shape index (κ3) is 0.756. The van der Waals surface area contributed by atoms with E-state index in [1.54, 1.807) is 23.8 Å². The van der Waals surface area contributed by atoms with E-state index in [0.717, 1.165) is 5.65 Å². The maximum absolute atomic E-state index is 11.0. The fraction of sp³-hybridized carbons (Fsp3) is 0.143. The van der Waals surface area contributed by atoms with Gasteiger partial charge in [0.25, 0.3) is 0 Å². The Bertz CT molecular complexity index is 398. The number of aromatic amines is 2. The summed E-state index contributed by atoms with van der Waals surface area (Å²) in [6.45, 7) is 1.55. The molecule has 0 aromatic carbocycles. The summed E-state index contributed by atoms with van der Waals surface area (Å²) in [7, 11) is 0. The molecule has 0 aliphatic rings. The molecule has 2 aromatic heterocycles. The number of ketones is 1. The van der Waals surface area contributed by atoms with E-state index >= 15 is 0 Å². The van der Waals surface area contributed by atoms with Crippen molar-refractivity contribution in [2.24, 2.45) is 0 Å². The summed E-state index contributed by atoms with van der Waals surface area (Å²) >= 11 is 0. The first-order valence-corrected chi connectivity index (χ1v) is 3.36. The van der Waals surface area contributed by atoms with Crippen LogP contribution in [0.3, 0.4) is 0 Å². The molecule has 4 heteroatoms. The summed E-state index contributed by atoms with van der Waals surface area (Å²) in [6.07, 6.45) is 5.29. The number of aromatic nitrogens is 3. The van der Waals surface area contributed by atoms with Crippen LogP contribution in [0.15, 0.2) is 18.6 Å². The van der Waals surface area contributed by atoms with Crippen molar-refractivity contribution in [2.75, 3.05) is 0 Å². The molecule has 0 aliphatic heterocycles. The number of nitrogens with one attached hydrogen (secondary N) is 2. The molecule has 2 aromatic rings. The molecule has 0 radical (unpaired) electrons. The van der Waals surface area contributed by atoms with Crippen molar-refractivity contribution in [3.63, 3.8) is 0 Å². The van der Waals surface area contributed by atoms with Gasteiger partial charge >= 0.3 is 5.65 Å². The van der Waals surface area contributed by atoms with Crippen LogP contribution in [0.25, 0.3) is 5.65 Å². The number of fused-ring (bicyclic) bond motifs is 1. The van der Waals surface area contributed by atoms with Crippen LogP contribution >= 0.6 is 0 Å². The second-order valence-corrected chi connectivity index (χ2v) is 2.42. The number of H-pyrrole nitrogens is 2. The number of imidazole rings is 1.